The molecule has 208 valence electrons. The molecule has 0 unspecified atom stereocenters. The molecule has 3 rings (SSSR count). The summed E-state index contributed by atoms with van der Waals surface area (Å²) in [4.78, 5) is 53.7. The van der Waals surface area contributed by atoms with Crippen molar-refractivity contribution in [3.8, 4) is 0 Å². The van der Waals surface area contributed by atoms with Gasteiger partial charge in [-0.2, -0.15) is 10.2 Å². The van der Waals surface area contributed by atoms with Crippen LogP contribution in [-0.2, 0) is 25.9 Å². The molecule has 39 heavy (non-hydrogen) atoms. The lowest BCUT2D eigenvalue weighted by atomic mass is 10.3. The molecule has 0 atom stereocenters. The molecule has 0 aromatic carbocycles. The van der Waals surface area contributed by atoms with Crippen molar-refractivity contribution in [3.05, 3.63) is 46.6 Å². The second kappa shape index (κ2) is 12.8. The lowest BCUT2D eigenvalue weighted by Gasteiger charge is -2.03. The zero-order valence-corrected chi connectivity index (χ0v) is 23.4. The average Bonchev–Trinajstić information content (AvgIpc) is 3.49. The molecule has 0 spiro atoms. The van der Waals surface area contributed by atoms with Gasteiger partial charge in [0.05, 0.1) is 10.3 Å². The molecule has 4 amide bonds. The lowest BCUT2D eigenvalue weighted by Crippen LogP contribution is -2.29. The first-order valence-electron chi connectivity index (χ1n) is 10.9. The van der Waals surface area contributed by atoms with Crippen LogP contribution in [0.1, 0.15) is 38.0 Å². The largest absolute Gasteiger partial charge is 0.388 e. The van der Waals surface area contributed by atoms with E-state index in [1.165, 1.54) is 46.4 Å². The fourth-order valence-electron chi connectivity index (χ4n) is 3.16. The average molecular weight is 626 g/mol. The van der Waals surface area contributed by atoms with Crippen LogP contribution in [-0.4, -0.2) is 65.1 Å². The van der Waals surface area contributed by atoms with E-state index in [1.807, 2.05) is 0 Å². The number of amides is 4. The zero-order valence-electron chi connectivity index (χ0n) is 21.0. The molecule has 7 N–H and O–H groups in total. The highest BCUT2D eigenvalue weighted by Gasteiger charge is 2.21. The molecular weight excluding hydrogens is 600 g/mol. The second-order valence-corrected chi connectivity index (χ2v) is 8.89. The van der Waals surface area contributed by atoms with Crippen molar-refractivity contribution in [1.82, 2.24) is 34.4 Å². The van der Waals surface area contributed by atoms with E-state index in [-0.39, 0.29) is 70.4 Å². The predicted octanol–water partition coefficient (Wildman–Crippen LogP) is 0.716. The first-order valence-corrected chi connectivity index (χ1v) is 11.7. The van der Waals surface area contributed by atoms with Crippen molar-refractivity contribution in [2.24, 2.45) is 26.9 Å². The summed E-state index contributed by atoms with van der Waals surface area (Å²) in [7, 11) is 4.62. The van der Waals surface area contributed by atoms with Gasteiger partial charge in [-0.25, -0.2) is 4.98 Å². The Morgan fingerprint density at radius 3 is 2.03 bits per heavy atom. The van der Waals surface area contributed by atoms with Crippen molar-refractivity contribution in [3.63, 3.8) is 0 Å². The standard InChI is InChI=1S/C21H25BrN12O4.ClH/c1-10(22)18(35)29-16-9-32(2)17(26-16)21(38)28-15-8-12(34(4)31-15)20(37)27-14-7-11(33(3)30-14)19(36)25-6-5-13(23)24;/h7-9H,1,5-6H2,2-4H3,(H3,23,24)(H,25,36)(H,29,35)(H,27,30,37)(H,28,31,38);1H. The minimum Gasteiger partial charge on any atom is -0.388 e. The maximum Gasteiger partial charge on any atom is 0.292 e. The number of anilines is 3. The lowest BCUT2D eigenvalue weighted by molar-refractivity contribution is -0.112. The fraction of sp³-hybridized carbons (Fsp3) is 0.238. The van der Waals surface area contributed by atoms with Crippen LogP contribution in [0.15, 0.2) is 29.4 Å². The number of aryl methyl sites for hydroxylation is 3. The molecule has 3 aromatic rings. The molecule has 0 fully saturated rings. The molecule has 16 nitrogen and oxygen atoms in total. The van der Waals surface area contributed by atoms with E-state index >= 15 is 0 Å². The quantitative estimate of drug-likeness (QED) is 0.107. The van der Waals surface area contributed by atoms with Gasteiger partial charge in [-0.1, -0.05) is 6.58 Å². The van der Waals surface area contributed by atoms with Crippen molar-refractivity contribution in [2.75, 3.05) is 22.5 Å². The first kappa shape index (κ1) is 30.7. The number of rotatable bonds is 10. The summed E-state index contributed by atoms with van der Waals surface area (Å²) in [6.45, 7) is 3.65. The van der Waals surface area contributed by atoms with E-state index in [2.05, 4.69) is 59.0 Å². The summed E-state index contributed by atoms with van der Waals surface area (Å²) in [6, 6.07) is 2.74. The number of nitrogens with one attached hydrogen (secondary N) is 5. The van der Waals surface area contributed by atoms with Gasteiger partial charge in [0.2, 0.25) is 5.82 Å². The van der Waals surface area contributed by atoms with Crippen LogP contribution in [0.3, 0.4) is 0 Å². The predicted molar refractivity (Wildman–Crippen MR) is 148 cm³/mol. The van der Waals surface area contributed by atoms with Crippen LogP contribution in [0.5, 0.6) is 0 Å². The number of carbonyl (C=O) groups excluding carboxylic acids is 4. The number of amidine groups is 1. The Labute approximate surface area is 236 Å². The number of hydrogen-bond acceptors (Lipinski definition) is 8. The maximum absolute atomic E-state index is 12.8. The van der Waals surface area contributed by atoms with Gasteiger partial charge in [-0.3, -0.25) is 34.0 Å². The summed E-state index contributed by atoms with van der Waals surface area (Å²) < 4.78 is 4.07. The molecule has 0 saturated carbocycles. The smallest absolute Gasteiger partial charge is 0.292 e. The Kier molecular flexibility index (Phi) is 10.1. The van der Waals surface area contributed by atoms with Gasteiger partial charge in [-0.15, -0.1) is 12.4 Å². The van der Waals surface area contributed by atoms with Gasteiger partial charge >= 0.3 is 0 Å². The van der Waals surface area contributed by atoms with Crippen LogP contribution < -0.4 is 27.0 Å². The molecule has 0 aliphatic heterocycles. The van der Waals surface area contributed by atoms with Gasteiger partial charge in [0, 0.05) is 52.4 Å². The van der Waals surface area contributed by atoms with Gasteiger partial charge in [-0.05, 0) is 15.9 Å². The van der Waals surface area contributed by atoms with Gasteiger partial charge in [0.15, 0.2) is 17.5 Å². The molecular formula is C21H26BrClN12O4. The summed E-state index contributed by atoms with van der Waals surface area (Å²) in [6.07, 6.45) is 1.66. The molecule has 0 radical (unpaired) electrons. The number of aromatic nitrogens is 6. The van der Waals surface area contributed by atoms with Crippen LogP contribution in [0.25, 0.3) is 0 Å². The first-order chi connectivity index (χ1) is 17.8. The van der Waals surface area contributed by atoms with E-state index < -0.39 is 23.6 Å². The van der Waals surface area contributed by atoms with Gasteiger partial charge in [0.25, 0.3) is 23.6 Å². The Morgan fingerprint density at radius 1 is 0.949 bits per heavy atom. The summed E-state index contributed by atoms with van der Waals surface area (Å²) in [5, 5.41) is 25.7. The Bertz CT molecular complexity index is 1460. The third kappa shape index (κ3) is 7.74. The van der Waals surface area contributed by atoms with Crippen LogP contribution >= 0.6 is 28.3 Å². The normalized spacial score (nSPS) is 10.3. The Balaban J connectivity index is 0.00000533. The van der Waals surface area contributed by atoms with E-state index in [0.717, 1.165) is 0 Å². The van der Waals surface area contributed by atoms with E-state index in [9.17, 15) is 19.2 Å². The van der Waals surface area contributed by atoms with Crippen LogP contribution in [0.4, 0.5) is 17.5 Å². The van der Waals surface area contributed by atoms with E-state index in [4.69, 9.17) is 11.1 Å². The van der Waals surface area contributed by atoms with Crippen molar-refractivity contribution in [1.29, 1.82) is 5.41 Å². The monoisotopic (exact) mass is 624 g/mol. The third-order valence-corrected chi connectivity index (χ3v) is 5.32. The highest BCUT2D eigenvalue weighted by atomic mass is 79.9. The summed E-state index contributed by atoms with van der Waals surface area (Å²) >= 11 is 2.96. The molecule has 0 aliphatic carbocycles. The number of nitrogens with two attached hydrogens (primary N) is 1. The van der Waals surface area contributed by atoms with Crippen molar-refractivity contribution < 1.29 is 19.2 Å². The third-order valence-electron chi connectivity index (χ3n) is 4.96. The van der Waals surface area contributed by atoms with E-state index in [0.29, 0.717) is 0 Å². The maximum atomic E-state index is 12.8. The zero-order chi connectivity index (χ0) is 28.1. The topological polar surface area (TPSA) is 220 Å². The minimum atomic E-state index is -0.624. The SMILES string of the molecule is C=C(Br)C(=O)Nc1cn(C)c(C(=O)Nc2cc(C(=O)Nc3cc(C(=O)NCCC(=N)N)n(C)n3)n(C)n2)n1.Cl. The van der Waals surface area contributed by atoms with Crippen LogP contribution in [0.2, 0.25) is 0 Å². The van der Waals surface area contributed by atoms with Gasteiger partial charge < -0.3 is 31.6 Å². The highest BCUT2D eigenvalue weighted by molar-refractivity contribution is 9.12. The molecule has 0 bridgehead atoms. The summed E-state index contributed by atoms with van der Waals surface area (Å²) in [5.41, 5.74) is 5.57. The number of halogens is 2. The molecule has 0 saturated heterocycles. The minimum absolute atomic E-state index is 0. The fourth-order valence-corrected chi connectivity index (χ4v) is 3.26. The van der Waals surface area contributed by atoms with E-state index in [1.54, 1.807) is 7.05 Å². The highest BCUT2D eigenvalue weighted by Crippen LogP contribution is 2.15. The molecule has 3 heterocycles. The van der Waals surface area contributed by atoms with Crippen molar-refractivity contribution in [2.45, 2.75) is 6.42 Å². The van der Waals surface area contributed by atoms with Crippen molar-refractivity contribution >= 4 is 75.3 Å². The number of hydrogen-bond donors (Lipinski definition) is 6. The molecule has 3 aromatic heterocycles. The Morgan fingerprint density at radius 2 is 1.49 bits per heavy atom. The molecule has 0 aliphatic rings. The number of imidazole rings is 1. The van der Waals surface area contributed by atoms with Gasteiger partial charge in [0.1, 0.15) is 11.4 Å². The number of carbonyl (C=O) groups is 4. The molecule has 18 heteroatoms. The van der Waals surface area contributed by atoms with Crippen LogP contribution in [0, 0.1) is 5.41 Å². The second-order valence-electron chi connectivity index (χ2n) is 7.94. The summed E-state index contributed by atoms with van der Waals surface area (Å²) in [5.74, 6) is -1.88. The number of nitrogens with zero attached hydrogens (tertiary/aromatic N) is 6. The Hall–Kier alpha value is -4.51.